The van der Waals surface area contributed by atoms with Crippen molar-refractivity contribution in [3.63, 3.8) is 0 Å². The molecule has 16 heavy (non-hydrogen) atoms. The number of nitrogens with zero attached hydrogens (tertiary/aromatic N) is 1. The topological polar surface area (TPSA) is 78.9 Å². The molecule has 92 valence electrons. The van der Waals surface area contributed by atoms with Crippen LogP contribution in [0.15, 0.2) is 12.2 Å². The molecule has 1 unspecified atom stereocenters. The number of urea groups is 1. The largest absolute Gasteiger partial charge is 0.479 e. The molecule has 6 heteroatoms. The number of methoxy groups -OCH3 is 1. The number of likely N-dealkylation sites (N-methyl/N-ethyl adjacent to an activating group) is 1. The second-order valence-corrected chi connectivity index (χ2v) is 3.56. The maximum atomic E-state index is 11.4. The number of hydrogen-bond donors (Lipinski definition) is 2. The lowest BCUT2D eigenvalue weighted by Crippen LogP contribution is -2.43. The van der Waals surface area contributed by atoms with Gasteiger partial charge in [0.2, 0.25) is 0 Å². The number of nitrogens with one attached hydrogen (secondary N) is 1. The zero-order valence-electron chi connectivity index (χ0n) is 9.82. The predicted octanol–water partition coefficient (Wildman–Crippen LogP) is 0.303. The second kappa shape index (κ2) is 6.84. The van der Waals surface area contributed by atoms with E-state index >= 15 is 0 Å². The standard InChI is InChI=1S/C10H18N2O4/c1-7(2)6-12(3)10(15)11-5-8(16-4)9(13)14/h8H,1,5-6H2,2-4H3,(H,11,15)(H,13,14). The van der Waals surface area contributed by atoms with Crippen LogP contribution in [0.25, 0.3) is 0 Å². The lowest BCUT2D eigenvalue weighted by molar-refractivity contribution is -0.148. The van der Waals surface area contributed by atoms with Crippen LogP contribution in [-0.2, 0) is 9.53 Å². The molecule has 0 rings (SSSR count). The summed E-state index contributed by atoms with van der Waals surface area (Å²) in [7, 11) is 2.88. The minimum absolute atomic E-state index is 0.0643. The predicted molar refractivity (Wildman–Crippen MR) is 59.3 cm³/mol. The van der Waals surface area contributed by atoms with Crippen LogP contribution in [0.4, 0.5) is 4.79 Å². The van der Waals surface area contributed by atoms with Crippen LogP contribution in [0.1, 0.15) is 6.92 Å². The van der Waals surface area contributed by atoms with Crippen molar-refractivity contribution in [1.29, 1.82) is 0 Å². The number of rotatable bonds is 6. The molecule has 1 atom stereocenters. The molecule has 0 saturated carbocycles. The van der Waals surface area contributed by atoms with Gasteiger partial charge in [-0.1, -0.05) is 12.2 Å². The van der Waals surface area contributed by atoms with Crippen LogP contribution in [0.5, 0.6) is 0 Å². The van der Waals surface area contributed by atoms with Crippen LogP contribution in [-0.4, -0.2) is 55.4 Å². The van der Waals surface area contributed by atoms with E-state index in [4.69, 9.17) is 5.11 Å². The minimum Gasteiger partial charge on any atom is -0.479 e. The third kappa shape index (κ3) is 5.35. The molecule has 0 aromatic heterocycles. The van der Waals surface area contributed by atoms with Gasteiger partial charge in [0.25, 0.3) is 0 Å². The Hall–Kier alpha value is -1.56. The van der Waals surface area contributed by atoms with E-state index in [2.05, 4.69) is 16.6 Å². The third-order valence-corrected chi connectivity index (χ3v) is 1.85. The highest BCUT2D eigenvalue weighted by Crippen LogP contribution is 1.94. The van der Waals surface area contributed by atoms with Crippen molar-refractivity contribution in [2.45, 2.75) is 13.0 Å². The summed E-state index contributed by atoms with van der Waals surface area (Å²) in [5.41, 5.74) is 0.846. The first-order valence-corrected chi connectivity index (χ1v) is 4.77. The van der Waals surface area contributed by atoms with Gasteiger partial charge in [0, 0.05) is 20.7 Å². The molecule has 0 bridgehead atoms. The fourth-order valence-electron chi connectivity index (χ4n) is 1.06. The number of carbonyl (C=O) groups is 2. The molecule has 2 N–H and O–H groups in total. The van der Waals surface area contributed by atoms with Gasteiger partial charge in [0.1, 0.15) is 0 Å². The zero-order valence-corrected chi connectivity index (χ0v) is 9.82. The van der Waals surface area contributed by atoms with E-state index in [1.54, 1.807) is 14.0 Å². The van der Waals surface area contributed by atoms with Gasteiger partial charge in [0.15, 0.2) is 6.10 Å². The molecule has 0 saturated heterocycles. The molecule has 0 aromatic carbocycles. The summed E-state index contributed by atoms with van der Waals surface area (Å²) in [6, 6.07) is -0.355. The van der Waals surface area contributed by atoms with Crippen LogP contribution in [0.2, 0.25) is 0 Å². The summed E-state index contributed by atoms with van der Waals surface area (Å²) >= 11 is 0. The van der Waals surface area contributed by atoms with Crippen LogP contribution in [0.3, 0.4) is 0 Å². The Morgan fingerprint density at radius 1 is 1.56 bits per heavy atom. The molecule has 0 aliphatic heterocycles. The number of carbonyl (C=O) groups excluding carboxylic acids is 1. The number of aliphatic carboxylic acids is 1. The molecule has 0 spiro atoms. The summed E-state index contributed by atoms with van der Waals surface area (Å²) in [5, 5.41) is 11.1. The van der Waals surface area contributed by atoms with Crippen molar-refractivity contribution in [3.05, 3.63) is 12.2 Å². The summed E-state index contributed by atoms with van der Waals surface area (Å²) in [6.07, 6.45) is -1.03. The summed E-state index contributed by atoms with van der Waals surface area (Å²) in [4.78, 5) is 23.4. The number of amides is 2. The van der Waals surface area contributed by atoms with Gasteiger partial charge >= 0.3 is 12.0 Å². The van der Waals surface area contributed by atoms with Crippen LogP contribution < -0.4 is 5.32 Å². The first-order chi connectivity index (χ1) is 7.38. The van der Waals surface area contributed by atoms with Gasteiger partial charge in [-0.15, -0.1) is 0 Å². The number of carboxylic acids is 1. The molecule has 6 nitrogen and oxygen atoms in total. The monoisotopic (exact) mass is 230 g/mol. The smallest absolute Gasteiger partial charge is 0.334 e. The molecular weight excluding hydrogens is 212 g/mol. The van der Waals surface area contributed by atoms with E-state index < -0.39 is 12.1 Å². The Bertz CT molecular complexity index is 278. The van der Waals surface area contributed by atoms with Gasteiger partial charge in [0.05, 0.1) is 6.54 Å². The second-order valence-electron chi connectivity index (χ2n) is 3.56. The normalized spacial score (nSPS) is 11.7. The number of carboxylic acid groups (broad SMARTS) is 1. The SMILES string of the molecule is C=C(C)CN(C)C(=O)NCC(OC)C(=O)O. The van der Waals surface area contributed by atoms with Gasteiger partial charge in [-0.05, 0) is 6.92 Å². The molecular formula is C10H18N2O4. The maximum Gasteiger partial charge on any atom is 0.334 e. The molecule has 2 amide bonds. The lowest BCUT2D eigenvalue weighted by Gasteiger charge is -2.19. The lowest BCUT2D eigenvalue weighted by atomic mass is 10.3. The molecule has 0 radical (unpaired) electrons. The third-order valence-electron chi connectivity index (χ3n) is 1.85. The Balaban J connectivity index is 4.05. The first-order valence-electron chi connectivity index (χ1n) is 4.77. The van der Waals surface area contributed by atoms with Crippen molar-refractivity contribution < 1.29 is 19.4 Å². The fraction of sp³-hybridized carbons (Fsp3) is 0.600. The highest BCUT2D eigenvalue weighted by atomic mass is 16.5. The summed E-state index contributed by atoms with van der Waals surface area (Å²) < 4.78 is 4.67. The Morgan fingerprint density at radius 3 is 2.50 bits per heavy atom. The van der Waals surface area contributed by atoms with Crippen molar-refractivity contribution in [2.75, 3.05) is 27.2 Å². The van der Waals surface area contributed by atoms with Gasteiger partial charge in [-0.3, -0.25) is 0 Å². The average molecular weight is 230 g/mol. The van der Waals surface area contributed by atoms with E-state index in [0.717, 1.165) is 5.57 Å². The van der Waals surface area contributed by atoms with Crippen LogP contribution in [0, 0.1) is 0 Å². The van der Waals surface area contributed by atoms with Gasteiger partial charge in [-0.25, -0.2) is 9.59 Å². The number of ether oxygens (including phenoxy) is 1. The highest BCUT2D eigenvalue weighted by molar-refractivity contribution is 5.76. The molecule has 0 aromatic rings. The Morgan fingerprint density at radius 2 is 2.12 bits per heavy atom. The molecule has 0 heterocycles. The van der Waals surface area contributed by atoms with Crippen LogP contribution >= 0.6 is 0 Å². The Labute approximate surface area is 94.9 Å². The van der Waals surface area contributed by atoms with Crippen molar-refractivity contribution in [2.24, 2.45) is 0 Å². The maximum absolute atomic E-state index is 11.4. The summed E-state index contributed by atoms with van der Waals surface area (Å²) in [5.74, 6) is -1.11. The Kier molecular flexibility index (Phi) is 6.17. The first kappa shape index (κ1) is 14.4. The fourth-order valence-corrected chi connectivity index (χ4v) is 1.06. The van der Waals surface area contributed by atoms with E-state index in [0.29, 0.717) is 6.54 Å². The van der Waals surface area contributed by atoms with E-state index in [1.165, 1.54) is 12.0 Å². The van der Waals surface area contributed by atoms with Gasteiger partial charge in [-0.2, -0.15) is 0 Å². The zero-order chi connectivity index (χ0) is 12.7. The van der Waals surface area contributed by atoms with Crippen molar-refractivity contribution in [3.8, 4) is 0 Å². The number of hydrogen-bond acceptors (Lipinski definition) is 3. The summed E-state index contributed by atoms with van der Waals surface area (Å²) in [6.45, 7) is 5.84. The highest BCUT2D eigenvalue weighted by Gasteiger charge is 2.18. The minimum atomic E-state index is -1.11. The van der Waals surface area contributed by atoms with E-state index in [9.17, 15) is 9.59 Å². The average Bonchev–Trinajstić information content (AvgIpc) is 2.16. The van der Waals surface area contributed by atoms with Gasteiger partial charge < -0.3 is 20.1 Å². The molecule has 0 aliphatic rings. The quantitative estimate of drug-likeness (QED) is 0.643. The van der Waals surface area contributed by atoms with E-state index in [-0.39, 0.29) is 12.6 Å². The van der Waals surface area contributed by atoms with Crippen molar-refractivity contribution >= 4 is 12.0 Å². The van der Waals surface area contributed by atoms with Crippen molar-refractivity contribution in [1.82, 2.24) is 10.2 Å². The van der Waals surface area contributed by atoms with E-state index in [1.807, 2.05) is 0 Å². The molecule has 0 aliphatic carbocycles. The molecule has 0 fully saturated rings.